The molecule has 1 atom stereocenters. The summed E-state index contributed by atoms with van der Waals surface area (Å²) >= 11 is 0. The van der Waals surface area contributed by atoms with Gasteiger partial charge in [-0.2, -0.15) is 0 Å². The third-order valence-corrected chi connectivity index (χ3v) is 11.3. The topological polar surface area (TPSA) is 331 Å². The molecule has 2 aromatic rings. The molecule has 0 spiro atoms. The number of hydrogen-bond donors (Lipinski definition) is 10. The molecule has 0 aliphatic carbocycles. The van der Waals surface area contributed by atoms with Gasteiger partial charge >= 0.3 is 29.9 Å². The van der Waals surface area contributed by atoms with E-state index in [0.717, 1.165) is 36.8 Å². The minimum atomic E-state index is -1.27. The maximum absolute atomic E-state index is 12.8. The summed E-state index contributed by atoms with van der Waals surface area (Å²) in [5.74, 6) is -5.18. The van der Waals surface area contributed by atoms with Crippen molar-refractivity contribution in [3.63, 3.8) is 0 Å². The fourth-order valence-electron chi connectivity index (χ4n) is 7.38. The van der Waals surface area contributed by atoms with E-state index in [-0.39, 0.29) is 74.5 Å². The number of unbranched alkanes of at least 4 members (excludes halogenated alkanes) is 5. The molecule has 0 aliphatic heterocycles. The lowest BCUT2D eigenvalue weighted by atomic mass is 10.0. The number of aryl methyl sites for hydroxylation is 2. The normalized spacial score (nSPS) is 11.5. The summed E-state index contributed by atoms with van der Waals surface area (Å²) in [5.41, 5.74) is 2.40. The van der Waals surface area contributed by atoms with Crippen LogP contribution in [0.15, 0.2) is 36.4 Å². The molecule has 10 N–H and O–H groups in total. The van der Waals surface area contributed by atoms with Crippen LogP contribution in [0.4, 0.5) is 4.79 Å². The van der Waals surface area contributed by atoms with Gasteiger partial charge in [0.1, 0.15) is 29.9 Å². The Morgan fingerprint density at radius 1 is 0.569 bits per heavy atom. The Morgan fingerprint density at radius 3 is 1.67 bits per heavy atom. The van der Waals surface area contributed by atoms with Gasteiger partial charge in [0.2, 0.25) is 11.8 Å². The van der Waals surface area contributed by atoms with Gasteiger partial charge in [0.05, 0.1) is 32.9 Å². The number of ketones is 1. The second-order valence-corrected chi connectivity index (χ2v) is 17.5. The predicted molar refractivity (Wildman–Crippen MR) is 263 cm³/mol. The Balaban J connectivity index is 1.78. The number of nitrogens with zero attached hydrogens (tertiary/aromatic N) is 2. The Hall–Kier alpha value is -6.36. The highest BCUT2D eigenvalue weighted by Crippen LogP contribution is 2.24. The number of amides is 4. The summed E-state index contributed by atoms with van der Waals surface area (Å²) in [6, 6.07) is 7.70. The molecule has 72 heavy (non-hydrogen) atoms. The molecule has 0 aliphatic rings. The van der Waals surface area contributed by atoms with Crippen molar-refractivity contribution in [3.8, 4) is 11.5 Å². The molecule has 22 heteroatoms. The molecule has 4 amide bonds. The summed E-state index contributed by atoms with van der Waals surface area (Å²) in [6.07, 6.45) is 7.63. The third-order valence-electron chi connectivity index (χ3n) is 11.3. The van der Waals surface area contributed by atoms with Gasteiger partial charge < -0.3 is 61.4 Å². The highest BCUT2D eigenvalue weighted by molar-refractivity contribution is 5.84. The van der Waals surface area contributed by atoms with Gasteiger partial charge in [-0.3, -0.25) is 38.6 Å². The van der Waals surface area contributed by atoms with Crippen molar-refractivity contribution in [1.29, 1.82) is 0 Å². The highest BCUT2D eigenvalue weighted by atomic mass is 16.5. The molecular formula is C50H76N6O16. The number of carbonyl (C=O) groups is 8. The molecule has 402 valence electrons. The van der Waals surface area contributed by atoms with Crippen LogP contribution in [0.25, 0.3) is 0 Å². The number of hydrogen-bond acceptors (Lipinski definition) is 14. The number of phenolic OH excluding ortho intramolecular Hbond substituents is 2. The van der Waals surface area contributed by atoms with Gasteiger partial charge in [-0.15, -0.1) is 0 Å². The molecule has 0 heterocycles. The number of carbonyl (C=O) groups excluding carboxylic acids is 4. The van der Waals surface area contributed by atoms with Crippen molar-refractivity contribution in [2.45, 2.75) is 122 Å². The molecule has 2 rings (SSSR count). The Labute approximate surface area is 420 Å². The first-order valence-corrected chi connectivity index (χ1v) is 24.6. The summed E-state index contributed by atoms with van der Waals surface area (Å²) in [6.45, 7) is 3.53. The van der Waals surface area contributed by atoms with Crippen molar-refractivity contribution in [3.05, 3.63) is 58.7 Å². The zero-order chi connectivity index (χ0) is 53.1. The van der Waals surface area contributed by atoms with Gasteiger partial charge in [-0.25, -0.2) is 9.59 Å². The zero-order valence-electron chi connectivity index (χ0n) is 41.5. The summed E-state index contributed by atoms with van der Waals surface area (Å²) in [7, 11) is 0. The lowest BCUT2D eigenvalue weighted by molar-refractivity contribution is -0.140. The van der Waals surface area contributed by atoms with Gasteiger partial charge in [-0.1, -0.05) is 50.5 Å². The fourth-order valence-corrected chi connectivity index (χ4v) is 7.38. The van der Waals surface area contributed by atoms with Crippen molar-refractivity contribution < 1.29 is 78.5 Å². The Bertz CT molecular complexity index is 2020. The van der Waals surface area contributed by atoms with Crippen LogP contribution in [0.2, 0.25) is 0 Å². The molecule has 0 fully saturated rings. The molecule has 0 bridgehead atoms. The molecule has 22 nitrogen and oxygen atoms in total. The van der Waals surface area contributed by atoms with Gasteiger partial charge in [0.15, 0.2) is 0 Å². The van der Waals surface area contributed by atoms with E-state index >= 15 is 0 Å². The number of aliphatic carboxylic acids is 4. The first kappa shape index (κ1) is 61.8. The van der Waals surface area contributed by atoms with Crippen molar-refractivity contribution in [2.24, 2.45) is 0 Å². The Kier molecular flexibility index (Phi) is 31.3. The molecule has 1 unspecified atom stereocenters. The number of nitrogens with one attached hydrogen (secondary N) is 4. The number of carboxylic acids is 4. The van der Waals surface area contributed by atoms with Gasteiger partial charge in [0.25, 0.3) is 0 Å². The molecule has 0 saturated heterocycles. The van der Waals surface area contributed by atoms with Crippen LogP contribution in [0.1, 0.15) is 113 Å². The maximum atomic E-state index is 12.8. The minimum Gasteiger partial charge on any atom is -0.508 e. The summed E-state index contributed by atoms with van der Waals surface area (Å²) < 4.78 is 10.9. The standard InChI is InChI=1S/C50H76N6O16/c1-2-3-25-71-27-28-72-26-22-52-45(61)20-16-37-15-19-43(59)39(30-37)33-56(35-48(66)67)24-23-55(34-47(64)65)32-38-29-36(14-18-42(38)58)13-17-40(57)10-6-4-5-7-12-44(60)51-21-9-8-11-41(49(68)69)54-50(70)53-31-46(62)63/h14-15,18-19,29-30,41,58-59H,2-13,16-17,20-28,31-35H2,1H3,(H,51,60)(H,52,61)(H,62,63)(H,64,65)(H,66,67)(H,68,69)(H2,53,54,70). The highest BCUT2D eigenvalue weighted by Gasteiger charge is 2.21. The largest absolute Gasteiger partial charge is 0.508 e. The van der Waals surface area contributed by atoms with Crippen molar-refractivity contribution in [2.75, 3.05) is 72.2 Å². The number of Topliss-reactive ketones (excluding diaryl/α,β-unsaturated/α-hetero) is 1. The number of ether oxygens (including phenoxy) is 2. The van der Waals surface area contributed by atoms with Crippen LogP contribution in [0, 0.1) is 0 Å². The van der Waals surface area contributed by atoms with E-state index in [4.69, 9.17) is 14.6 Å². The first-order chi connectivity index (χ1) is 34.4. The fraction of sp³-hybridized carbons (Fsp3) is 0.600. The van der Waals surface area contributed by atoms with E-state index in [1.54, 1.807) is 34.1 Å². The second-order valence-electron chi connectivity index (χ2n) is 17.5. The van der Waals surface area contributed by atoms with E-state index < -0.39 is 55.6 Å². The van der Waals surface area contributed by atoms with Crippen LogP contribution in [0.3, 0.4) is 0 Å². The number of phenols is 2. The smallest absolute Gasteiger partial charge is 0.326 e. The maximum Gasteiger partial charge on any atom is 0.326 e. The number of benzene rings is 2. The van der Waals surface area contributed by atoms with Crippen molar-refractivity contribution >= 4 is 47.5 Å². The average Bonchev–Trinajstić information content (AvgIpc) is 3.32. The SMILES string of the molecule is CCCCOCCOCCNC(=O)CCc1ccc(O)c(CN(CCN(CC(=O)O)Cc2cc(CCC(=O)CCCCCCC(=O)NCCCCC(NC(=O)NCC(=O)O)C(=O)O)ccc2O)CC(=O)O)c1. The first-order valence-electron chi connectivity index (χ1n) is 24.6. The number of aromatic hydroxyl groups is 2. The van der Waals surface area contributed by atoms with Crippen LogP contribution < -0.4 is 21.3 Å². The van der Waals surface area contributed by atoms with E-state index in [1.165, 1.54) is 12.1 Å². The lowest BCUT2D eigenvalue weighted by Gasteiger charge is -2.26. The number of carboxylic acid groups (broad SMARTS) is 4. The minimum absolute atomic E-state index is 0.0201. The Morgan fingerprint density at radius 2 is 1.11 bits per heavy atom. The van der Waals surface area contributed by atoms with Crippen LogP contribution >= 0.6 is 0 Å². The quantitative estimate of drug-likeness (QED) is 0.0426. The number of urea groups is 1. The molecular weight excluding hydrogens is 941 g/mol. The molecule has 0 saturated carbocycles. The average molecular weight is 1020 g/mol. The monoisotopic (exact) mass is 1020 g/mol. The van der Waals surface area contributed by atoms with E-state index in [2.05, 4.69) is 22.9 Å². The molecule has 0 aromatic heterocycles. The second kappa shape index (κ2) is 36.5. The van der Waals surface area contributed by atoms with Crippen molar-refractivity contribution in [1.82, 2.24) is 31.1 Å². The van der Waals surface area contributed by atoms with E-state index in [1.807, 2.05) is 5.32 Å². The third kappa shape index (κ3) is 29.7. The zero-order valence-corrected chi connectivity index (χ0v) is 41.5. The van der Waals surface area contributed by atoms with Crippen LogP contribution in [0.5, 0.6) is 11.5 Å². The lowest BCUT2D eigenvalue weighted by Crippen LogP contribution is -2.47. The number of rotatable bonds is 42. The van der Waals surface area contributed by atoms with E-state index in [9.17, 15) is 63.9 Å². The van der Waals surface area contributed by atoms with E-state index in [0.29, 0.717) is 102 Å². The predicted octanol–water partition coefficient (Wildman–Crippen LogP) is 3.42. The summed E-state index contributed by atoms with van der Waals surface area (Å²) in [5, 5.41) is 68.6. The van der Waals surface area contributed by atoms with Gasteiger partial charge in [0, 0.05) is 82.7 Å². The van der Waals surface area contributed by atoms with Gasteiger partial charge in [-0.05, 0) is 74.6 Å². The molecule has 2 aromatic carbocycles. The van der Waals surface area contributed by atoms with Crippen LogP contribution in [-0.2, 0) is 69.0 Å². The summed E-state index contributed by atoms with van der Waals surface area (Å²) in [4.78, 5) is 98.0. The van der Waals surface area contributed by atoms with Crippen LogP contribution in [-0.4, -0.2) is 166 Å². The molecule has 0 radical (unpaired) electrons.